The Kier molecular flexibility index (Phi) is 6.38. The zero-order chi connectivity index (χ0) is 13.3. The maximum absolute atomic E-state index is 11.8. The average molecular weight is 311 g/mol. The summed E-state index contributed by atoms with van der Waals surface area (Å²) < 4.78 is 28.9. The molecule has 7 heteroatoms. The number of fused-ring (bicyclic) bond motifs is 1. The average Bonchev–Trinajstić information content (AvgIpc) is 2.35. The van der Waals surface area contributed by atoms with Crippen molar-refractivity contribution in [2.24, 2.45) is 0 Å². The van der Waals surface area contributed by atoms with Gasteiger partial charge < -0.3 is 9.84 Å². The van der Waals surface area contributed by atoms with Gasteiger partial charge in [-0.2, -0.15) is 0 Å². The smallest absolute Gasteiger partial charge is 0.156 e. The molecule has 0 aliphatic carbocycles. The number of sulfone groups is 1. The van der Waals surface area contributed by atoms with E-state index >= 15 is 0 Å². The molecule has 0 fully saturated rings. The second kappa shape index (κ2) is 6.93. The number of benzene rings is 1. The van der Waals surface area contributed by atoms with E-state index in [1.54, 1.807) is 6.07 Å². The quantitative estimate of drug-likeness (QED) is 0.670. The Balaban J connectivity index is 0.00000180. The van der Waals surface area contributed by atoms with Gasteiger partial charge in [-0.1, -0.05) is 6.07 Å². The van der Waals surface area contributed by atoms with E-state index in [1.165, 1.54) is 18.0 Å². The third-order valence-electron chi connectivity index (χ3n) is 3.10. The summed E-state index contributed by atoms with van der Waals surface area (Å²) in [7, 11) is -3.20. The van der Waals surface area contributed by atoms with E-state index in [2.05, 4.69) is 0 Å². The molecule has 1 aromatic carbocycles. The molecule has 4 nitrogen and oxygen atoms in total. The third kappa shape index (κ3) is 3.75. The number of rotatable bonds is 3. The summed E-state index contributed by atoms with van der Waals surface area (Å²) in [6.07, 6.45) is 3.15. The molecule has 1 heterocycles. The summed E-state index contributed by atoms with van der Waals surface area (Å²) >= 11 is 1.54. The third-order valence-corrected chi connectivity index (χ3v) is 5.35. The molecule has 1 N–H and O–H groups in total. The van der Waals surface area contributed by atoms with Crippen LogP contribution in [-0.4, -0.2) is 62.2 Å². The summed E-state index contributed by atoms with van der Waals surface area (Å²) in [4.78, 5) is 0.967. The van der Waals surface area contributed by atoms with Crippen LogP contribution in [0.1, 0.15) is 21.9 Å². The van der Waals surface area contributed by atoms with Gasteiger partial charge in [-0.25, -0.2) is 8.42 Å². The number of thioether (sulfide) groups is 1. The summed E-state index contributed by atoms with van der Waals surface area (Å²) in [5.41, 5.74) is 2.45. The van der Waals surface area contributed by atoms with Crippen LogP contribution in [0.5, 0.6) is 0 Å². The number of hydrogen-bond acceptors (Lipinski definition) is 5. The topological polar surface area (TPSA) is 63.6 Å². The number of ether oxygens (including phenoxy) is 1. The fourth-order valence-electron chi connectivity index (χ4n) is 2.14. The standard InChI is InChI=1S/C12H16O4S2.Na/c1-17-11-4-9-6-16-7-12(18(2,14)15)10(9)3-8(11)5-13;/h3-4,12-13H,5-7H2,1-2H3;. The molecular formula is C12H16NaO4S2. The van der Waals surface area contributed by atoms with E-state index in [0.29, 0.717) is 6.61 Å². The first kappa shape index (κ1) is 17.5. The fraction of sp³-hybridized carbons (Fsp3) is 0.500. The zero-order valence-electron chi connectivity index (χ0n) is 11.3. The van der Waals surface area contributed by atoms with Crippen molar-refractivity contribution in [3.05, 3.63) is 28.8 Å². The molecule has 0 saturated heterocycles. The molecule has 101 valence electrons. The second-order valence-electron chi connectivity index (χ2n) is 4.35. The summed E-state index contributed by atoms with van der Waals surface area (Å²) in [6, 6.07) is 3.72. The van der Waals surface area contributed by atoms with Gasteiger partial charge in [-0.3, -0.25) is 0 Å². The molecule has 1 atom stereocenters. The van der Waals surface area contributed by atoms with Crippen LogP contribution in [0.2, 0.25) is 0 Å². The van der Waals surface area contributed by atoms with Gasteiger partial charge in [0.05, 0.1) is 19.8 Å². The first-order valence-electron chi connectivity index (χ1n) is 5.54. The van der Waals surface area contributed by atoms with E-state index in [1.807, 2.05) is 12.3 Å². The molecule has 0 spiro atoms. The largest absolute Gasteiger partial charge is 0.392 e. The first-order valence-corrected chi connectivity index (χ1v) is 8.72. The molecule has 0 amide bonds. The Bertz CT molecular complexity index is 557. The van der Waals surface area contributed by atoms with Crippen molar-refractivity contribution in [2.75, 3.05) is 19.1 Å². The predicted molar refractivity (Wildman–Crippen MR) is 77.1 cm³/mol. The Hall–Kier alpha value is 0.440. The van der Waals surface area contributed by atoms with Gasteiger partial charge >= 0.3 is 0 Å². The van der Waals surface area contributed by atoms with Crippen molar-refractivity contribution < 1.29 is 18.3 Å². The predicted octanol–water partition coefficient (Wildman–Crippen LogP) is 1.14. The van der Waals surface area contributed by atoms with Crippen LogP contribution in [0, 0.1) is 0 Å². The summed E-state index contributed by atoms with van der Waals surface area (Å²) in [5.74, 6) is 0. The van der Waals surface area contributed by atoms with Gasteiger partial charge in [0.25, 0.3) is 0 Å². The molecule has 1 aromatic rings. The van der Waals surface area contributed by atoms with Gasteiger partial charge in [-0.15, -0.1) is 11.8 Å². The normalized spacial score (nSPS) is 18.6. The molecule has 19 heavy (non-hydrogen) atoms. The number of aliphatic hydroxyl groups excluding tert-OH is 1. The van der Waals surface area contributed by atoms with Gasteiger partial charge in [0.1, 0.15) is 5.25 Å². The maximum atomic E-state index is 11.8. The minimum atomic E-state index is -3.20. The van der Waals surface area contributed by atoms with E-state index in [4.69, 9.17) is 4.74 Å². The van der Waals surface area contributed by atoms with Crippen molar-refractivity contribution in [2.45, 2.75) is 23.4 Å². The Morgan fingerprint density at radius 2 is 2.16 bits per heavy atom. The summed E-state index contributed by atoms with van der Waals surface area (Å²) in [5, 5.41) is 8.72. The Morgan fingerprint density at radius 3 is 2.68 bits per heavy atom. The van der Waals surface area contributed by atoms with Gasteiger partial charge in [-0.05, 0) is 29.0 Å². The number of hydrogen-bond donors (Lipinski definition) is 1. The minimum Gasteiger partial charge on any atom is -0.392 e. The Morgan fingerprint density at radius 1 is 1.47 bits per heavy atom. The monoisotopic (exact) mass is 311 g/mol. The van der Waals surface area contributed by atoms with E-state index in [-0.39, 0.29) is 42.8 Å². The molecule has 0 saturated carbocycles. The van der Waals surface area contributed by atoms with Crippen molar-refractivity contribution in [1.29, 1.82) is 0 Å². The van der Waals surface area contributed by atoms with Crippen LogP contribution in [-0.2, 0) is 27.8 Å². The maximum Gasteiger partial charge on any atom is 0.156 e. The van der Waals surface area contributed by atoms with Gasteiger partial charge in [0, 0.05) is 40.7 Å². The van der Waals surface area contributed by atoms with Crippen molar-refractivity contribution in [1.82, 2.24) is 0 Å². The second-order valence-corrected chi connectivity index (χ2v) is 7.43. The molecule has 2 rings (SSSR count). The van der Waals surface area contributed by atoms with E-state index in [0.717, 1.165) is 21.6 Å². The van der Waals surface area contributed by atoms with Crippen molar-refractivity contribution in [3.63, 3.8) is 0 Å². The Labute approximate surface area is 140 Å². The van der Waals surface area contributed by atoms with Crippen molar-refractivity contribution in [3.8, 4) is 0 Å². The van der Waals surface area contributed by atoms with Gasteiger partial charge in [0.15, 0.2) is 9.84 Å². The zero-order valence-corrected chi connectivity index (χ0v) is 15.0. The fourth-order valence-corrected chi connectivity index (χ4v) is 3.81. The molecule has 1 unspecified atom stereocenters. The SMILES string of the molecule is CSc1cc2c(cc1CO)C(S(C)(=O)=O)COC2.[Na]. The molecule has 1 aliphatic heterocycles. The van der Waals surface area contributed by atoms with Gasteiger partial charge in [0.2, 0.25) is 0 Å². The summed E-state index contributed by atoms with van der Waals surface area (Å²) in [6.45, 7) is 0.538. The van der Waals surface area contributed by atoms with Crippen LogP contribution in [0.25, 0.3) is 0 Å². The molecule has 0 aromatic heterocycles. The van der Waals surface area contributed by atoms with Crippen LogP contribution in [0.15, 0.2) is 17.0 Å². The van der Waals surface area contributed by atoms with Crippen LogP contribution < -0.4 is 0 Å². The molecule has 1 aliphatic rings. The van der Waals surface area contributed by atoms with Crippen molar-refractivity contribution >= 4 is 51.2 Å². The first-order chi connectivity index (χ1) is 8.47. The molecular weight excluding hydrogens is 295 g/mol. The minimum absolute atomic E-state index is 0. The molecule has 1 radical (unpaired) electrons. The van der Waals surface area contributed by atoms with E-state index < -0.39 is 15.1 Å². The molecule has 0 bridgehead atoms. The van der Waals surface area contributed by atoms with Crippen LogP contribution in [0.4, 0.5) is 0 Å². The van der Waals surface area contributed by atoms with E-state index in [9.17, 15) is 13.5 Å². The van der Waals surface area contributed by atoms with Crippen LogP contribution in [0.3, 0.4) is 0 Å². The number of aliphatic hydroxyl groups is 1. The van der Waals surface area contributed by atoms with Crippen LogP contribution >= 0.6 is 11.8 Å².